The number of carbonyl (C=O) groups excluding carboxylic acids is 1. The van der Waals surface area contributed by atoms with Crippen LogP contribution in [0.3, 0.4) is 0 Å². The van der Waals surface area contributed by atoms with Gasteiger partial charge in [-0.1, -0.05) is 87.5 Å². The van der Waals surface area contributed by atoms with Crippen molar-refractivity contribution in [3.05, 3.63) is 72.8 Å². The van der Waals surface area contributed by atoms with Crippen molar-refractivity contribution in [2.24, 2.45) is 0 Å². The fourth-order valence-corrected chi connectivity index (χ4v) is 8.50. The summed E-state index contributed by atoms with van der Waals surface area (Å²) in [6.07, 6.45) is 6.97. The summed E-state index contributed by atoms with van der Waals surface area (Å²) >= 11 is 0. The van der Waals surface area contributed by atoms with E-state index in [2.05, 4.69) is 51.1 Å². The topological polar surface area (TPSA) is 35.5 Å². The number of benzene rings is 2. The van der Waals surface area contributed by atoms with Gasteiger partial charge in [0.05, 0.1) is 0 Å². The van der Waals surface area contributed by atoms with Gasteiger partial charge in [0.15, 0.2) is 0 Å². The third-order valence-electron chi connectivity index (χ3n) is 5.32. The van der Waals surface area contributed by atoms with E-state index in [1.807, 2.05) is 42.5 Å². The van der Waals surface area contributed by atoms with Crippen molar-refractivity contribution < 1.29 is 14.0 Å². The molecule has 0 amide bonds. The molecule has 0 bridgehead atoms. The first-order chi connectivity index (χ1) is 13.4. The van der Waals surface area contributed by atoms with Crippen LogP contribution in [0.5, 0.6) is 0 Å². The summed E-state index contributed by atoms with van der Waals surface area (Å²) < 4.78 is 12.3. The molecule has 0 saturated heterocycles. The lowest BCUT2D eigenvalue weighted by Crippen LogP contribution is -2.67. The van der Waals surface area contributed by atoms with Crippen LogP contribution in [-0.4, -0.2) is 27.0 Å². The molecule has 2 aromatic carbocycles. The first-order valence-corrected chi connectivity index (χ1v) is 12.0. The van der Waals surface area contributed by atoms with Crippen molar-refractivity contribution in [2.45, 2.75) is 51.2 Å². The van der Waals surface area contributed by atoms with Crippen molar-refractivity contribution in [1.29, 1.82) is 0 Å². The quantitative estimate of drug-likeness (QED) is 0.418. The van der Waals surface area contributed by atoms with Crippen molar-refractivity contribution in [1.82, 2.24) is 0 Å². The van der Waals surface area contributed by atoms with E-state index in [1.54, 1.807) is 0 Å². The molecule has 3 rings (SSSR count). The summed E-state index contributed by atoms with van der Waals surface area (Å²) in [6, 6.07) is 20.7. The third kappa shape index (κ3) is 4.45. The van der Waals surface area contributed by atoms with Crippen LogP contribution in [0.25, 0.3) is 0 Å². The SMILES string of the molecule is CC(C)(C)[Si](OCC(=O)OC1C=CCCC1)(c1ccccc1)c1ccccc1. The molecule has 1 aliphatic rings. The summed E-state index contributed by atoms with van der Waals surface area (Å²) in [4.78, 5) is 12.6. The Morgan fingerprint density at radius 3 is 2.04 bits per heavy atom. The minimum atomic E-state index is -2.70. The third-order valence-corrected chi connectivity index (χ3v) is 10.3. The number of ether oxygens (including phenoxy) is 1. The van der Waals surface area contributed by atoms with E-state index in [1.165, 1.54) is 10.4 Å². The summed E-state index contributed by atoms with van der Waals surface area (Å²) in [7, 11) is -2.70. The summed E-state index contributed by atoms with van der Waals surface area (Å²) in [5.74, 6) is -0.287. The molecule has 0 fully saturated rings. The molecule has 0 saturated carbocycles. The molecule has 2 aromatic rings. The number of rotatable bonds is 6. The highest BCUT2D eigenvalue weighted by Crippen LogP contribution is 2.36. The molecule has 28 heavy (non-hydrogen) atoms. The van der Waals surface area contributed by atoms with Crippen LogP contribution in [0.2, 0.25) is 5.04 Å². The van der Waals surface area contributed by atoms with Gasteiger partial charge in [0.25, 0.3) is 8.32 Å². The van der Waals surface area contributed by atoms with Crippen LogP contribution in [-0.2, 0) is 14.0 Å². The fourth-order valence-electron chi connectivity index (χ4n) is 4.01. The van der Waals surface area contributed by atoms with Crippen molar-refractivity contribution >= 4 is 24.7 Å². The first-order valence-electron chi connectivity index (χ1n) is 10.0. The van der Waals surface area contributed by atoms with E-state index in [0.29, 0.717) is 0 Å². The Morgan fingerprint density at radius 2 is 1.57 bits per heavy atom. The minimum absolute atomic E-state index is 0.0301. The summed E-state index contributed by atoms with van der Waals surface area (Å²) in [5, 5.41) is 2.18. The van der Waals surface area contributed by atoms with E-state index in [0.717, 1.165) is 19.3 Å². The van der Waals surface area contributed by atoms with Crippen LogP contribution in [0.15, 0.2) is 72.8 Å². The van der Waals surface area contributed by atoms with Crippen LogP contribution in [0.4, 0.5) is 0 Å². The Balaban J connectivity index is 1.91. The summed E-state index contributed by atoms with van der Waals surface area (Å²) in [6.45, 7) is 6.58. The maximum Gasteiger partial charge on any atom is 0.331 e. The predicted octanol–water partition coefficient (Wildman–Crippen LogP) is 4.21. The molecule has 0 spiro atoms. The first kappa shape index (κ1) is 20.6. The highest BCUT2D eigenvalue weighted by molar-refractivity contribution is 6.99. The van der Waals surface area contributed by atoms with Crippen LogP contribution in [0, 0.1) is 0 Å². The highest BCUT2D eigenvalue weighted by Gasteiger charge is 2.50. The van der Waals surface area contributed by atoms with Gasteiger partial charge in [0.1, 0.15) is 12.7 Å². The molecule has 0 aliphatic heterocycles. The molecular formula is C24H30O3Si. The van der Waals surface area contributed by atoms with Gasteiger partial charge in [-0.15, -0.1) is 0 Å². The Morgan fingerprint density at radius 1 is 1.00 bits per heavy atom. The molecular weight excluding hydrogens is 364 g/mol. The molecule has 1 aliphatic carbocycles. The average Bonchev–Trinajstić information content (AvgIpc) is 2.70. The van der Waals surface area contributed by atoms with Gasteiger partial charge in [-0.3, -0.25) is 0 Å². The molecule has 0 aromatic heterocycles. The second-order valence-electron chi connectivity index (χ2n) is 8.34. The minimum Gasteiger partial charge on any atom is -0.456 e. The Kier molecular flexibility index (Phi) is 6.52. The van der Waals surface area contributed by atoms with Gasteiger partial charge < -0.3 is 9.16 Å². The molecule has 0 radical (unpaired) electrons. The van der Waals surface area contributed by atoms with E-state index in [9.17, 15) is 4.79 Å². The zero-order valence-corrected chi connectivity index (χ0v) is 18.1. The standard InChI is InChI=1S/C24H30O3Si/c1-24(2,3)28(21-15-9-5-10-16-21,22-17-11-6-12-18-22)26-19-23(25)27-20-13-7-4-8-14-20/h5-7,9-13,15-18,20H,4,8,14,19H2,1-3H3. The van der Waals surface area contributed by atoms with Crippen LogP contribution >= 0.6 is 0 Å². The van der Waals surface area contributed by atoms with Gasteiger partial charge >= 0.3 is 5.97 Å². The van der Waals surface area contributed by atoms with Gasteiger partial charge in [-0.2, -0.15) is 0 Å². The molecule has 1 unspecified atom stereocenters. The Hall–Kier alpha value is -2.17. The Bertz CT molecular complexity index is 754. The number of hydrogen-bond acceptors (Lipinski definition) is 3. The van der Waals surface area contributed by atoms with Gasteiger partial charge in [0, 0.05) is 0 Å². The van der Waals surface area contributed by atoms with E-state index in [-0.39, 0.29) is 23.7 Å². The molecule has 0 N–H and O–H groups in total. The maximum absolute atomic E-state index is 12.6. The fraction of sp³-hybridized carbons (Fsp3) is 0.375. The zero-order valence-electron chi connectivity index (χ0n) is 17.1. The predicted molar refractivity (Wildman–Crippen MR) is 116 cm³/mol. The molecule has 148 valence electrons. The second-order valence-corrected chi connectivity index (χ2v) is 12.6. The Labute approximate surface area is 169 Å². The van der Waals surface area contributed by atoms with Crippen LogP contribution < -0.4 is 10.4 Å². The van der Waals surface area contributed by atoms with Gasteiger partial charge in [-0.05, 0) is 40.8 Å². The lowest BCUT2D eigenvalue weighted by Gasteiger charge is -2.42. The molecule has 3 nitrogen and oxygen atoms in total. The van der Waals surface area contributed by atoms with Gasteiger partial charge in [0.2, 0.25) is 0 Å². The normalized spacial score (nSPS) is 17.3. The highest BCUT2D eigenvalue weighted by atomic mass is 28.4. The van der Waals surface area contributed by atoms with Crippen molar-refractivity contribution in [3.63, 3.8) is 0 Å². The van der Waals surface area contributed by atoms with Crippen molar-refractivity contribution in [2.75, 3.05) is 6.61 Å². The van der Waals surface area contributed by atoms with E-state index in [4.69, 9.17) is 9.16 Å². The van der Waals surface area contributed by atoms with Crippen LogP contribution in [0.1, 0.15) is 40.0 Å². The van der Waals surface area contributed by atoms with E-state index >= 15 is 0 Å². The molecule has 4 heteroatoms. The van der Waals surface area contributed by atoms with E-state index < -0.39 is 8.32 Å². The average molecular weight is 395 g/mol. The number of allylic oxidation sites excluding steroid dienone is 1. The maximum atomic E-state index is 12.6. The summed E-state index contributed by atoms with van der Waals surface area (Å²) in [5.41, 5.74) is 0. The second kappa shape index (κ2) is 8.89. The number of hydrogen-bond donors (Lipinski definition) is 0. The smallest absolute Gasteiger partial charge is 0.331 e. The molecule has 1 atom stereocenters. The zero-order chi connectivity index (χ0) is 20.0. The van der Waals surface area contributed by atoms with Gasteiger partial charge in [-0.25, -0.2) is 4.79 Å². The lowest BCUT2D eigenvalue weighted by molar-refractivity contribution is -0.149. The number of carbonyl (C=O) groups is 1. The van der Waals surface area contributed by atoms with Crippen molar-refractivity contribution in [3.8, 4) is 0 Å². The lowest BCUT2D eigenvalue weighted by atomic mass is 10.1. The number of esters is 1. The largest absolute Gasteiger partial charge is 0.456 e. The molecule has 0 heterocycles. The monoisotopic (exact) mass is 394 g/mol.